The molecule has 0 bridgehead atoms. The van der Waals surface area contributed by atoms with Gasteiger partial charge in [-0.25, -0.2) is 4.99 Å². The quantitative estimate of drug-likeness (QED) is 0.265. The van der Waals surface area contributed by atoms with E-state index in [9.17, 15) is 4.79 Å². The van der Waals surface area contributed by atoms with Crippen LogP contribution in [0.25, 0.3) is 6.08 Å². The number of nitrogens with zero attached hydrogens (tertiary/aromatic N) is 2. The maximum Gasteiger partial charge on any atom is 0.267 e. The largest absolute Gasteiger partial charge is 0.493 e. The minimum Gasteiger partial charge on any atom is -0.493 e. The molecule has 0 aliphatic carbocycles. The van der Waals surface area contributed by atoms with E-state index in [-0.39, 0.29) is 5.91 Å². The zero-order chi connectivity index (χ0) is 21.6. The van der Waals surface area contributed by atoms with Gasteiger partial charge in [0, 0.05) is 0 Å². The fraction of sp³-hybridized carbons (Fsp3) is 0.120. The van der Waals surface area contributed by atoms with E-state index >= 15 is 0 Å². The molecule has 3 aromatic rings. The van der Waals surface area contributed by atoms with Crippen LogP contribution in [-0.4, -0.2) is 22.6 Å². The van der Waals surface area contributed by atoms with E-state index in [1.165, 1.54) is 11.8 Å². The third kappa shape index (κ3) is 5.37. The summed E-state index contributed by atoms with van der Waals surface area (Å²) >= 11 is 3.67. The van der Waals surface area contributed by atoms with Gasteiger partial charge in [-0.1, -0.05) is 54.6 Å². The van der Waals surface area contributed by atoms with Crippen molar-refractivity contribution in [3.8, 4) is 5.75 Å². The Labute approximate surface area is 200 Å². The van der Waals surface area contributed by atoms with Gasteiger partial charge in [0.25, 0.3) is 5.91 Å². The molecule has 0 aromatic heterocycles. The Morgan fingerprint density at radius 1 is 1.03 bits per heavy atom. The number of benzene rings is 3. The predicted molar refractivity (Wildman–Crippen MR) is 136 cm³/mol. The summed E-state index contributed by atoms with van der Waals surface area (Å²) in [6.07, 6.45) is 1.93. The third-order valence-corrected chi connectivity index (χ3v) is 6.46. The molecule has 0 saturated carbocycles. The molecular weight excluding hydrogens is 519 g/mol. The Balaban J connectivity index is 1.67. The normalized spacial score (nSPS) is 16.3. The number of para-hydroxylation sites is 1. The molecule has 1 fully saturated rings. The number of amides is 1. The molecule has 1 aliphatic heterocycles. The molecule has 0 spiro atoms. The molecule has 0 radical (unpaired) electrons. The smallest absolute Gasteiger partial charge is 0.267 e. The number of carbonyl (C=O) groups excluding carboxylic acids is 1. The maximum absolute atomic E-state index is 13.3. The Bertz CT molecular complexity index is 1130. The van der Waals surface area contributed by atoms with Crippen LogP contribution in [0.5, 0.6) is 5.75 Å². The molecule has 1 amide bonds. The average Bonchev–Trinajstić information content (AvgIpc) is 3.06. The SMILES string of the molecule is CCOc1ccc(/C=C2\SC(=Nc3ccccc3)N(Cc3ccccc3)C2=O)cc1I. The summed E-state index contributed by atoms with van der Waals surface area (Å²) in [6, 6.07) is 25.7. The van der Waals surface area contributed by atoms with Crippen molar-refractivity contribution in [3.63, 3.8) is 0 Å². The molecule has 0 unspecified atom stereocenters. The van der Waals surface area contributed by atoms with Crippen LogP contribution in [0.1, 0.15) is 18.1 Å². The monoisotopic (exact) mass is 540 g/mol. The highest BCUT2D eigenvalue weighted by Crippen LogP contribution is 2.35. The first-order valence-corrected chi connectivity index (χ1v) is 11.8. The molecule has 0 N–H and O–H groups in total. The molecule has 1 heterocycles. The van der Waals surface area contributed by atoms with Crippen molar-refractivity contribution in [3.05, 3.63) is 98.5 Å². The van der Waals surface area contributed by atoms with Crippen LogP contribution >= 0.6 is 34.4 Å². The highest BCUT2D eigenvalue weighted by Gasteiger charge is 2.33. The molecule has 3 aromatic carbocycles. The molecular formula is C25H21IN2O2S. The van der Waals surface area contributed by atoms with Crippen LogP contribution in [0.4, 0.5) is 5.69 Å². The lowest BCUT2D eigenvalue weighted by Gasteiger charge is -2.15. The number of thioether (sulfide) groups is 1. The van der Waals surface area contributed by atoms with Crippen LogP contribution in [0.15, 0.2) is 88.8 Å². The van der Waals surface area contributed by atoms with E-state index < -0.39 is 0 Å². The number of hydrogen-bond donors (Lipinski definition) is 0. The van der Waals surface area contributed by atoms with Crippen molar-refractivity contribution in [1.29, 1.82) is 0 Å². The van der Waals surface area contributed by atoms with Crippen LogP contribution < -0.4 is 4.74 Å². The summed E-state index contributed by atoms with van der Waals surface area (Å²) in [4.78, 5) is 20.5. The van der Waals surface area contributed by atoms with Gasteiger partial charge in [0.2, 0.25) is 0 Å². The first-order valence-electron chi connectivity index (χ1n) is 9.95. The van der Waals surface area contributed by atoms with Gasteiger partial charge in [-0.05, 0) is 82.7 Å². The maximum atomic E-state index is 13.3. The number of aliphatic imine (C=N–C) groups is 1. The van der Waals surface area contributed by atoms with E-state index in [4.69, 9.17) is 9.73 Å². The third-order valence-electron chi connectivity index (χ3n) is 4.61. The molecule has 156 valence electrons. The van der Waals surface area contributed by atoms with Crippen LogP contribution in [0.3, 0.4) is 0 Å². The van der Waals surface area contributed by atoms with Crippen LogP contribution in [-0.2, 0) is 11.3 Å². The summed E-state index contributed by atoms with van der Waals surface area (Å²) in [5.41, 5.74) is 2.85. The summed E-state index contributed by atoms with van der Waals surface area (Å²) < 4.78 is 6.64. The first kappa shape index (κ1) is 21.6. The standard InChI is InChI=1S/C25H21IN2O2S/c1-2-30-22-14-13-19(15-21(22)26)16-23-24(29)28(17-18-9-5-3-6-10-18)25(31-23)27-20-11-7-4-8-12-20/h3-16H,2,17H2,1H3/b23-16-,27-25?. The zero-order valence-corrected chi connectivity index (χ0v) is 20.0. The molecule has 4 nitrogen and oxygen atoms in total. The Hall–Kier alpha value is -2.58. The van der Waals surface area contributed by atoms with Crippen molar-refractivity contribution in [2.75, 3.05) is 6.61 Å². The molecule has 6 heteroatoms. The van der Waals surface area contributed by atoms with Crippen molar-refractivity contribution in [1.82, 2.24) is 4.90 Å². The van der Waals surface area contributed by atoms with E-state index in [1.54, 1.807) is 4.90 Å². The van der Waals surface area contributed by atoms with Gasteiger partial charge >= 0.3 is 0 Å². The van der Waals surface area contributed by atoms with Crippen LogP contribution in [0, 0.1) is 3.57 Å². The van der Waals surface area contributed by atoms with Crippen molar-refractivity contribution in [2.45, 2.75) is 13.5 Å². The van der Waals surface area contributed by atoms with Crippen LogP contribution in [0.2, 0.25) is 0 Å². The number of carbonyl (C=O) groups is 1. The lowest BCUT2D eigenvalue weighted by Crippen LogP contribution is -2.28. The second kappa shape index (κ2) is 10.2. The molecule has 1 saturated heterocycles. The summed E-state index contributed by atoms with van der Waals surface area (Å²) in [7, 11) is 0. The van der Waals surface area contributed by atoms with E-state index in [0.29, 0.717) is 23.2 Å². The number of halogens is 1. The van der Waals surface area contributed by atoms with Crippen molar-refractivity contribution < 1.29 is 9.53 Å². The predicted octanol–water partition coefficient (Wildman–Crippen LogP) is 6.49. The van der Waals surface area contributed by atoms with E-state index in [0.717, 1.165) is 26.1 Å². The zero-order valence-electron chi connectivity index (χ0n) is 17.0. The lowest BCUT2D eigenvalue weighted by molar-refractivity contribution is -0.122. The molecule has 31 heavy (non-hydrogen) atoms. The van der Waals surface area contributed by atoms with Gasteiger partial charge in [0.15, 0.2) is 5.17 Å². The van der Waals surface area contributed by atoms with Gasteiger partial charge < -0.3 is 4.74 Å². The highest BCUT2D eigenvalue weighted by atomic mass is 127. The molecule has 1 aliphatic rings. The fourth-order valence-corrected chi connectivity index (χ4v) is 4.83. The number of rotatable bonds is 6. The van der Waals surface area contributed by atoms with Crippen molar-refractivity contribution in [2.24, 2.45) is 4.99 Å². The minimum atomic E-state index is -0.0348. The van der Waals surface area contributed by atoms with E-state index in [2.05, 4.69) is 22.6 Å². The summed E-state index contributed by atoms with van der Waals surface area (Å²) in [5.74, 6) is 0.820. The first-order chi connectivity index (χ1) is 15.1. The van der Waals surface area contributed by atoms with Gasteiger partial charge in [-0.3, -0.25) is 9.69 Å². The van der Waals surface area contributed by atoms with Gasteiger partial charge in [-0.15, -0.1) is 0 Å². The van der Waals surface area contributed by atoms with E-state index in [1.807, 2.05) is 91.9 Å². The van der Waals surface area contributed by atoms with Gasteiger partial charge in [0.05, 0.1) is 27.3 Å². The Morgan fingerprint density at radius 2 is 1.74 bits per heavy atom. The second-order valence-electron chi connectivity index (χ2n) is 6.84. The molecule has 4 rings (SSSR count). The highest BCUT2D eigenvalue weighted by molar-refractivity contribution is 14.1. The van der Waals surface area contributed by atoms with Gasteiger partial charge in [-0.2, -0.15) is 0 Å². The lowest BCUT2D eigenvalue weighted by atomic mass is 10.2. The minimum absolute atomic E-state index is 0.0348. The second-order valence-corrected chi connectivity index (χ2v) is 9.01. The summed E-state index contributed by atoms with van der Waals surface area (Å²) in [6.45, 7) is 3.07. The fourth-order valence-electron chi connectivity index (χ4n) is 3.14. The Morgan fingerprint density at radius 3 is 2.42 bits per heavy atom. The molecule has 0 atom stereocenters. The number of hydrogen-bond acceptors (Lipinski definition) is 4. The number of amidine groups is 1. The van der Waals surface area contributed by atoms with Crippen molar-refractivity contribution >= 4 is 57.2 Å². The number of ether oxygens (including phenoxy) is 1. The summed E-state index contributed by atoms with van der Waals surface area (Å²) in [5, 5.41) is 0.687. The Kier molecular flexibility index (Phi) is 7.09. The average molecular weight is 540 g/mol. The van der Waals surface area contributed by atoms with Gasteiger partial charge in [0.1, 0.15) is 5.75 Å². The topological polar surface area (TPSA) is 41.9 Å².